The molecule has 640 valence electrons. The number of sulfonamides is 2. The number of benzene rings is 2. The van der Waals surface area contributed by atoms with Crippen molar-refractivity contribution in [2.45, 2.75) is 115 Å². The molecule has 2 aliphatic rings. The van der Waals surface area contributed by atoms with Crippen LogP contribution < -0.4 is 50.6 Å². The molecule has 6 N–H and O–H groups in total. The van der Waals surface area contributed by atoms with Gasteiger partial charge in [-0.15, -0.1) is 0 Å². The number of sulfone groups is 2. The fourth-order valence-corrected chi connectivity index (χ4v) is 16.7. The Morgan fingerprint density at radius 1 is 0.418 bits per heavy atom. The summed E-state index contributed by atoms with van der Waals surface area (Å²) in [6, 6.07) is 18.8. The van der Waals surface area contributed by atoms with E-state index in [0.29, 0.717) is 113 Å². The molecule has 44 heteroatoms. The van der Waals surface area contributed by atoms with E-state index >= 15 is 0 Å². The van der Waals surface area contributed by atoms with Crippen LogP contribution in [0.1, 0.15) is 91.2 Å². The summed E-state index contributed by atoms with van der Waals surface area (Å²) in [6.45, 7) is 7.04. The van der Waals surface area contributed by atoms with Crippen LogP contribution in [0.2, 0.25) is 0 Å². The van der Waals surface area contributed by atoms with Crippen LogP contribution in [-0.2, 0) is 51.2 Å². The standard InChI is InChI=1S/C20H22F2N4O4S.C20H16F2N4O4S.C19H15F2N5O4S.C19H23N5O4S/c1-12-7-16(26-11-24-25-18(27)17(12)26)15-8-13(10-31(2,28)29)9-23-19(15)30-14-3-5-20(21,22)6-4-14;1-11-5-16(26-10-24-25-19(27)18(11)26)14-6-12(9-31(2,28)29)8-23-20(14)30-17-4-3-13(21)7-15(17)22;1-10-5-15(26-9-23-24-18(27)17(10)26)13-7-12(25-31(2,28)29)8-22-19(13)30-16-4-3-11(20)6-14(16)21;1-12-8-16(24-11-21-22-18(25)17(12)24)15-9-13(23-29(2,26)27)10-20-19(15)28-14-6-4-3-5-7-14/h7-9,11,14H,3-6,10H2,1-2H3,(H,25,27);3-8,10H,9H2,1-2H3,(H,25,27);3-9,25H,1-2H3,(H,24,27);8-11,14,23H,3-7H2,1-2H3,(H,22,25). The normalized spacial score (nSPS) is 14.0. The SMILES string of the molecule is Cc1cc(-c2cc(CS(C)(=O)=O)cnc2OC2CCC(F)(F)CC2)n2cn[nH]c(=O)c12.Cc1cc(-c2cc(CS(C)(=O)=O)cnc2Oc2ccc(F)cc2F)n2cn[nH]c(=O)c12.Cc1cc(-c2cc(NS(C)(=O)=O)cnc2OC2CCCCC2)n2cn[nH]c(=O)c12.Cc1cc(-c2cc(NS(C)(=O)=O)cnc2Oc2ccc(F)cc2F)n2cn[nH]c(=O)c12. The van der Waals surface area contributed by atoms with Crippen molar-refractivity contribution in [3.63, 3.8) is 0 Å². The summed E-state index contributed by atoms with van der Waals surface area (Å²) in [7, 11) is -13.7. The van der Waals surface area contributed by atoms with Gasteiger partial charge in [0.25, 0.3) is 22.2 Å². The van der Waals surface area contributed by atoms with Gasteiger partial charge in [-0.1, -0.05) is 6.42 Å². The molecule has 34 nitrogen and oxygen atoms in total. The maximum absolute atomic E-state index is 14.1. The number of halogens is 6. The van der Waals surface area contributed by atoms with Gasteiger partial charge < -0.3 is 18.9 Å². The Morgan fingerprint density at radius 2 is 0.730 bits per heavy atom. The highest BCUT2D eigenvalue weighted by atomic mass is 32.2. The smallest absolute Gasteiger partial charge is 0.288 e. The molecule has 16 rings (SSSR count). The predicted octanol–water partition coefficient (Wildman–Crippen LogP) is 11.2. The summed E-state index contributed by atoms with van der Waals surface area (Å²) in [5.74, 6) is -6.67. The molecule has 2 fully saturated rings. The third-order valence-electron chi connectivity index (χ3n) is 19.2. The van der Waals surface area contributed by atoms with Gasteiger partial charge in [0.05, 0.1) is 92.8 Å². The lowest BCUT2D eigenvalue weighted by molar-refractivity contribution is -0.0587. The van der Waals surface area contributed by atoms with Crippen LogP contribution in [0.4, 0.5) is 37.7 Å². The van der Waals surface area contributed by atoms with Crippen molar-refractivity contribution in [1.29, 1.82) is 0 Å². The average Bonchev–Trinajstić information content (AvgIpc) is 1.63. The molecule has 2 saturated carbocycles. The molecule has 14 aromatic rings. The number of nitrogens with one attached hydrogen (secondary N) is 6. The number of alkyl halides is 2. The number of aromatic amines is 4. The van der Waals surface area contributed by atoms with Gasteiger partial charge in [0.15, 0.2) is 42.8 Å². The molecule has 0 unspecified atom stereocenters. The van der Waals surface area contributed by atoms with Crippen LogP contribution in [0.25, 0.3) is 67.1 Å². The van der Waals surface area contributed by atoms with E-state index in [9.17, 15) is 79.2 Å². The summed E-state index contributed by atoms with van der Waals surface area (Å²) >= 11 is 0. The molecule has 2 aromatic carbocycles. The Kier molecular flexibility index (Phi) is 24.8. The predicted molar refractivity (Wildman–Crippen MR) is 437 cm³/mol. The fourth-order valence-electron chi connectivity index (χ4n) is 14.1. The first-order valence-electron chi connectivity index (χ1n) is 37.1. The number of nitrogens with zero attached hydrogens (tertiary/aromatic N) is 12. The molecule has 122 heavy (non-hydrogen) atoms. The van der Waals surface area contributed by atoms with Gasteiger partial charge in [0.2, 0.25) is 49.5 Å². The highest BCUT2D eigenvalue weighted by Gasteiger charge is 2.37. The number of pyridine rings is 4. The summed E-state index contributed by atoms with van der Waals surface area (Å²) in [4.78, 5) is 65.8. The van der Waals surface area contributed by atoms with Crippen molar-refractivity contribution in [3.05, 3.63) is 233 Å². The topological polar surface area (TPSA) is 450 Å². The monoisotopic (exact) mass is 1760 g/mol. The summed E-state index contributed by atoms with van der Waals surface area (Å²) in [6.07, 6.45) is 20.1. The number of hydrogen-bond donors (Lipinski definition) is 6. The molecular weight excluding hydrogens is 1690 g/mol. The van der Waals surface area contributed by atoms with Crippen molar-refractivity contribution in [2.24, 2.45) is 0 Å². The number of ether oxygens (including phenoxy) is 4. The minimum atomic E-state index is -3.61. The second-order valence-electron chi connectivity index (χ2n) is 29.3. The Balaban J connectivity index is 0.000000140. The Bertz CT molecular complexity index is 6920. The highest BCUT2D eigenvalue weighted by Crippen LogP contribution is 2.42. The maximum Gasteiger partial charge on any atom is 0.288 e. The van der Waals surface area contributed by atoms with E-state index in [4.69, 9.17) is 18.9 Å². The number of rotatable bonds is 20. The Hall–Kier alpha value is -13.1. The second kappa shape index (κ2) is 34.9. The first-order valence-corrected chi connectivity index (χ1v) is 45.0. The maximum atomic E-state index is 14.1. The highest BCUT2D eigenvalue weighted by molar-refractivity contribution is 7.92. The molecule has 0 atom stereocenters. The quantitative estimate of drug-likeness (QED) is 0.0386. The van der Waals surface area contributed by atoms with Gasteiger partial charge in [-0.2, -0.15) is 20.4 Å². The third kappa shape index (κ3) is 20.7. The summed E-state index contributed by atoms with van der Waals surface area (Å²) < 4.78 is 210. The molecule has 12 aromatic heterocycles. The molecule has 12 heterocycles. The minimum absolute atomic E-state index is 0.0533. The molecule has 0 radical (unpaired) electrons. The fraction of sp³-hybridized carbons (Fsp3) is 0.282. The number of anilines is 2. The Labute approximate surface area is 689 Å². The van der Waals surface area contributed by atoms with E-state index in [1.54, 1.807) is 59.9 Å². The number of H-pyrrole nitrogens is 4. The zero-order valence-corrected chi connectivity index (χ0v) is 69.2. The van der Waals surface area contributed by atoms with E-state index < -0.39 is 86.1 Å². The summed E-state index contributed by atoms with van der Waals surface area (Å²) in [5.41, 5.74) is 7.60. The first-order chi connectivity index (χ1) is 57.6. The van der Waals surface area contributed by atoms with E-state index in [1.165, 1.54) is 77.5 Å². The minimum Gasteiger partial charge on any atom is -0.474 e. The van der Waals surface area contributed by atoms with E-state index in [2.05, 4.69) is 70.2 Å². The largest absolute Gasteiger partial charge is 0.474 e. The summed E-state index contributed by atoms with van der Waals surface area (Å²) in [5, 5.41) is 24.8. The van der Waals surface area contributed by atoms with Crippen LogP contribution >= 0.6 is 0 Å². The van der Waals surface area contributed by atoms with E-state index in [1.807, 2.05) is 13.0 Å². The molecule has 0 saturated heterocycles. The number of aryl methyl sites for hydroxylation is 4. The van der Waals surface area contributed by atoms with Crippen molar-refractivity contribution in [3.8, 4) is 80.0 Å². The zero-order valence-electron chi connectivity index (χ0n) is 65.9. The lowest BCUT2D eigenvalue weighted by Gasteiger charge is -2.28. The van der Waals surface area contributed by atoms with Crippen molar-refractivity contribution in [1.82, 2.24) is 78.3 Å². The molecular formula is C78H76F6N18O16S4. The van der Waals surface area contributed by atoms with Crippen LogP contribution in [0.3, 0.4) is 0 Å². The molecule has 2 aliphatic carbocycles. The molecule has 0 amide bonds. The number of aromatic nitrogens is 16. The second-order valence-corrected chi connectivity index (χ2v) is 37.1. The van der Waals surface area contributed by atoms with E-state index in [-0.39, 0.29) is 94.8 Å². The lowest BCUT2D eigenvalue weighted by Crippen LogP contribution is -2.31. The third-order valence-corrected chi connectivity index (χ3v) is 22.1. The van der Waals surface area contributed by atoms with Crippen LogP contribution in [-0.4, -0.2) is 155 Å². The molecule has 0 bridgehead atoms. The van der Waals surface area contributed by atoms with Crippen molar-refractivity contribution < 1.29 is 79.0 Å². The number of fused-ring (bicyclic) bond motifs is 4. The van der Waals surface area contributed by atoms with Crippen LogP contribution in [0.15, 0.2) is 154 Å². The van der Waals surface area contributed by atoms with Gasteiger partial charge in [-0.3, -0.25) is 46.2 Å². The van der Waals surface area contributed by atoms with Gasteiger partial charge in [0, 0.05) is 49.9 Å². The zero-order chi connectivity index (χ0) is 87.7. The molecule has 0 aliphatic heterocycles. The van der Waals surface area contributed by atoms with Gasteiger partial charge >= 0.3 is 0 Å². The van der Waals surface area contributed by atoms with Crippen LogP contribution in [0.5, 0.6) is 35.0 Å². The lowest BCUT2D eigenvalue weighted by atomic mass is 9.94. The van der Waals surface area contributed by atoms with Crippen molar-refractivity contribution in [2.75, 3.05) is 34.5 Å². The van der Waals surface area contributed by atoms with Gasteiger partial charge in [-0.25, -0.2) is 100 Å². The van der Waals surface area contributed by atoms with Crippen molar-refractivity contribution >= 4 is 73.2 Å². The van der Waals surface area contributed by atoms with Gasteiger partial charge in [-0.05, 0) is 172 Å². The van der Waals surface area contributed by atoms with E-state index in [0.717, 1.165) is 80.5 Å². The van der Waals surface area contributed by atoms with Gasteiger partial charge in [0.1, 0.15) is 71.2 Å². The number of hydrogen-bond acceptors (Lipinski definition) is 24. The average molecular weight is 1760 g/mol. The Morgan fingerprint density at radius 3 is 1.07 bits per heavy atom. The van der Waals surface area contributed by atoms with Crippen LogP contribution in [0, 0.1) is 51.0 Å². The first kappa shape index (κ1) is 86.7. The molecule has 0 spiro atoms.